The van der Waals surface area contributed by atoms with Gasteiger partial charge in [-0.15, -0.1) is 0 Å². The molecule has 0 spiro atoms. The van der Waals surface area contributed by atoms with Gasteiger partial charge in [0.05, 0.1) is 6.04 Å². The lowest BCUT2D eigenvalue weighted by Crippen LogP contribution is -2.26. The Morgan fingerprint density at radius 1 is 1.69 bits per heavy atom. The van der Waals surface area contributed by atoms with Gasteiger partial charge in [-0.25, -0.2) is 0 Å². The highest BCUT2D eigenvalue weighted by Gasteiger charge is 2.26. The Bertz CT molecular complexity index is 373. The van der Waals surface area contributed by atoms with Gasteiger partial charge in [0.15, 0.2) is 0 Å². The fourth-order valence-corrected chi connectivity index (χ4v) is 1.39. The Balaban J connectivity index is 1.97. The van der Waals surface area contributed by atoms with Gasteiger partial charge in [-0.1, -0.05) is 18.5 Å². The van der Waals surface area contributed by atoms with Crippen LogP contribution in [0, 0.1) is 0 Å². The number of amides is 1. The first-order valence-electron chi connectivity index (χ1n) is 5.60. The summed E-state index contributed by atoms with van der Waals surface area (Å²) in [6.07, 6.45) is 3.77. The van der Waals surface area contributed by atoms with Crippen LogP contribution in [0.4, 0.5) is 0 Å². The molecule has 1 fully saturated rings. The van der Waals surface area contributed by atoms with E-state index in [2.05, 4.69) is 15.5 Å². The zero-order valence-corrected chi connectivity index (χ0v) is 9.27. The average molecular weight is 224 g/mol. The van der Waals surface area contributed by atoms with Crippen molar-refractivity contribution in [2.24, 2.45) is 5.73 Å². The number of nitrogens with two attached hydrogens (primary N) is 1. The molecule has 3 N–H and O–H groups in total. The van der Waals surface area contributed by atoms with E-state index < -0.39 is 0 Å². The van der Waals surface area contributed by atoms with Crippen LogP contribution in [0.3, 0.4) is 0 Å². The molecular weight excluding hydrogens is 208 g/mol. The van der Waals surface area contributed by atoms with Crippen LogP contribution in [0.2, 0.25) is 0 Å². The van der Waals surface area contributed by atoms with Crippen LogP contribution >= 0.6 is 0 Å². The van der Waals surface area contributed by atoms with Crippen molar-refractivity contribution in [3.63, 3.8) is 0 Å². The van der Waals surface area contributed by atoms with Crippen molar-refractivity contribution in [3.05, 3.63) is 11.7 Å². The van der Waals surface area contributed by atoms with E-state index in [0.29, 0.717) is 11.9 Å². The van der Waals surface area contributed by atoms with E-state index in [-0.39, 0.29) is 17.8 Å². The lowest BCUT2D eigenvalue weighted by Gasteiger charge is -2.02. The molecule has 0 aliphatic heterocycles. The predicted octanol–water partition coefficient (Wildman–Crippen LogP) is 0.762. The molecule has 1 atom stereocenters. The topological polar surface area (TPSA) is 94.0 Å². The molecule has 6 heteroatoms. The van der Waals surface area contributed by atoms with Crippen molar-refractivity contribution in [2.75, 3.05) is 0 Å². The van der Waals surface area contributed by atoms with Gasteiger partial charge in [0.1, 0.15) is 0 Å². The van der Waals surface area contributed by atoms with Crippen molar-refractivity contribution < 1.29 is 9.32 Å². The molecule has 2 rings (SSSR count). The minimum Gasteiger partial charge on any atom is -0.346 e. The molecule has 1 saturated carbocycles. The van der Waals surface area contributed by atoms with Gasteiger partial charge in [0.25, 0.3) is 11.7 Å². The predicted molar refractivity (Wildman–Crippen MR) is 56.6 cm³/mol. The third kappa shape index (κ3) is 2.57. The summed E-state index contributed by atoms with van der Waals surface area (Å²) in [4.78, 5) is 15.5. The van der Waals surface area contributed by atoms with E-state index in [1.165, 1.54) is 0 Å². The molecule has 1 aromatic heterocycles. The average Bonchev–Trinajstić information content (AvgIpc) is 2.93. The third-order valence-corrected chi connectivity index (χ3v) is 2.47. The molecule has 0 aromatic carbocycles. The van der Waals surface area contributed by atoms with Crippen LogP contribution in [0.25, 0.3) is 0 Å². The van der Waals surface area contributed by atoms with Crippen LogP contribution < -0.4 is 11.1 Å². The van der Waals surface area contributed by atoms with Crippen molar-refractivity contribution >= 4 is 5.91 Å². The summed E-state index contributed by atoms with van der Waals surface area (Å²) < 4.78 is 4.96. The molecular formula is C10H16N4O2. The molecule has 0 radical (unpaired) electrons. The van der Waals surface area contributed by atoms with Crippen molar-refractivity contribution in [2.45, 2.75) is 44.7 Å². The van der Waals surface area contributed by atoms with E-state index in [1.807, 2.05) is 6.92 Å². The molecule has 1 aliphatic carbocycles. The number of aromatic nitrogens is 2. The second kappa shape index (κ2) is 4.61. The van der Waals surface area contributed by atoms with E-state index in [4.69, 9.17) is 10.3 Å². The van der Waals surface area contributed by atoms with E-state index >= 15 is 0 Å². The van der Waals surface area contributed by atoms with Crippen LogP contribution in [-0.4, -0.2) is 22.1 Å². The molecule has 0 saturated heterocycles. The van der Waals surface area contributed by atoms with E-state index in [1.54, 1.807) is 0 Å². The standard InChI is InChI=1S/C10H16N4O2/c1-2-3-7(11)10-13-8(14-16-10)9(15)12-6-4-5-6/h6-7H,2-5,11H2,1H3,(H,12,15). The number of hydrogen-bond donors (Lipinski definition) is 2. The normalized spacial score (nSPS) is 17.1. The van der Waals surface area contributed by atoms with E-state index in [0.717, 1.165) is 25.7 Å². The highest BCUT2D eigenvalue weighted by Crippen LogP contribution is 2.19. The number of carbonyl (C=O) groups excluding carboxylic acids is 1. The first kappa shape index (κ1) is 11.1. The zero-order chi connectivity index (χ0) is 11.5. The summed E-state index contributed by atoms with van der Waals surface area (Å²) >= 11 is 0. The summed E-state index contributed by atoms with van der Waals surface area (Å²) in [6, 6.07) is 0.0127. The SMILES string of the molecule is CCCC(N)c1nc(C(=O)NC2CC2)no1. The van der Waals surface area contributed by atoms with Gasteiger partial charge >= 0.3 is 0 Å². The fraction of sp³-hybridized carbons (Fsp3) is 0.700. The molecule has 1 unspecified atom stereocenters. The first-order valence-corrected chi connectivity index (χ1v) is 5.60. The maximum atomic E-state index is 11.6. The molecule has 0 bridgehead atoms. The Morgan fingerprint density at radius 3 is 3.06 bits per heavy atom. The zero-order valence-electron chi connectivity index (χ0n) is 9.27. The fourth-order valence-electron chi connectivity index (χ4n) is 1.39. The van der Waals surface area contributed by atoms with Crippen LogP contribution in [0.5, 0.6) is 0 Å². The molecule has 1 aliphatic rings. The Hall–Kier alpha value is -1.43. The van der Waals surface area contributed by atoms with Crippen molar-refractivity contribution in [1.82, 2.24) is 15.5 Å². The van der Waals surface area contributed by atoms with Gasteiger partial charge in [0.2, 0.25) is 5.89 Å². The van der Waals surface area contributed by atoms with Crippen LogP contribution in [0.15, 0.2) is 4.52 Å². The molecule has 1 aromatic rings. The van der Waals surface area contributed by atoms with E-state index in [9.17, 15) is 4.79 Å². The number of hydrogen-bond acceptors (Lipinski definition) is 5. The third-order valence-electron chi connectivity index (χ3n) is 2.47. The number of nitrogens with one attached hydrogen (secondary N) is 1. The maximum Gasteiger partial charge on any atom is 0.292 e. The minimum absolute atomic E-state index is 0.0773. The van der Waals surface area contributed by atoms with Crippen molar-refractivity contribution in [1.29, 1.82) is 0 Å². The Morgan fingerprint density at radius 2 is 2.44 bits per heavy atom. The highest BCUT2D eigenvalue weighted by atomic mass is 16.5. The summed E-state index contributed by atoms with van der Waals surface area (Å²) in [5.74, 6) is 0.137. The number of nitrogens with zero attached hydrogens (tertiary/aromatic N) is 2. The second-order valence-corrected chi connectivity index (χ2v) is 4.10. The molecule has 1 amide bonds. The lowest BCUT2D eigenvalue weighted by molar-refractivity contribution is 0.0937. The molecule has 88 valence electrons. The van der Waals surface area contributed by atoms with Crippen LogP contribution in [-0.2, 0) is 0 Å². The molecule has 6 nitrogen and oxygen atoms in total. The first-order chi connectivity index (χ1) is 7.70. The van der Waals surface area contributed by atoms with Gasteiger partial charge in [0, 0.05) is 6.04 Å². The van der Waals surface area contributed by atoms with Gasteiger partial charge in [-0.3, -0.25) is 4.79 Å². The van der Waals surface area contributed by atoms with Gasteiger partial charge in [-0.2, -0.15) is 4.98 Å². The second-order valence-electron chi connectivity index (χ2n) is 4.10. The Labute approximate surface area is 93.6 Å². The number of carbonyl (C=O) groups is 1. The lowest BCUT2D eigenvalue weighted by atomic mass is 10.2. The minimum atomic E-state index is -0.278. The summed E-state index contributed by atoms with van der Waals surface area (Å²) in [5, 5.41) is 6.41. The molecule has 1 heterocycles. The Kier molecular flexibility index (Phi) is 3.19. The van der Waals surface area contributed by atoms with Crippen LogP contribution in [0.1, 0.15) is 55.2 Å². The smallest absolute Gasteiger partial charge is 0.292 e. The van der Waals surface area contributed by atoms with Gasteiger partial charge < -0.3 is 15.6 Å². The van der Waals surface area contributed by atoms with Crippen molar-refractivity contribution in [3.8, 4) is 0 Å². The van der Waals surface area contributed by atoms with Gasteiger partial charge in [-0.05, 0) is 19.3 Å². The number of rotatable bonds is 5. The summed E-state index contributed by atoms with van der Waals surface area (Å²) in [7, 11) is 0. The largest absolute Gasteiger partial charge is 0.346 e. The monoisotopic (exact) mass is 224 g/mol. The quantitative estimate of drug-likeness (QED) is 0.770. The summed E-state index contributed by atoms with van der Waals surface area (Å²) in [6.45, 7) is 2.02. The summed E-state index contributed by atoms with van der Waals surface area (Å²) in [5.41, 5.74) is 5.80. The molecule has 16 heavy (non-hydrogen) atoms. The highest BCUT2D eigenvalue weighted by molar-refractivity contribution is 5.90. The maximum absolute atomic E-state index is 11.6.